The van der Waals surface area contributed by atoms with Crippen molar-refractivity contribution in [3.63, 3.8) is 0 Å². The third-order valence-corrected chi connectivity index (χ3v) is 4.43. The molecule has 1 fully saturated rings. The third-order valence-electron chi connectivity index (χ3n) is 4.43. The Morgan fingerprint density at radius 3 is 2.28 bits per heavy atom. The van der Waals surface area contributed by atoms with E-state index < -0.39 is 0 Å². The standard InChI is InChI=1S/C20H19FN4/c21-17-3-1-15(2-4-17)18-5-6-19(25-13-11-23-12-14-25)24-20(18)16-7-9-22-10-8-16/h1-10,23H,11-14H2. The molecule has 25 heavy (non-hydrogen) atoms. The van der Waals surface area contributed by atoms with Crippen molar-refractivity contribution in [3.05, 3.63) is 66.7 Å². The quantitative estimate of drug-likeness (QED) is 0.797. The van der Waals surface area contributed by atoms with Gasteiger partial charge in [0.2, 0.25) is 0 Å². The Bertz CT molecular complexity index is 843. The minimum Gasteiger partial charge on any atom is -0.354 e. The largest absolute Gasteiger partial charge is 0.354 e. The Hall–Kier alpha value is -2.79. The molecule has 4 nitrogen and oxygen atoms in total. The number of pyridine rings is 2. The zero-order valence-corrected chi connectivity index (χ0v) is 13.8. The van der Waals surface area contributed by atoms with Crippen LogP contribution in [0.4, 0.5) is 10.2 Å². The van der Waals surface area contributed by atoms with Crippen molar-refractivity contribution in [1.29, 1.82) is 0 Å². The van der Waals surface area contributed by atoms with Gasteiger partial charge < -0.3 is 10.2 Å². The van der Waals surface area contributed by atoms with E-state index in [1.54, 1.807) is 24.5 Å². The molecular formula is C20H19FN4. The molecule has 3 aromatic rings. The van der Waals surface area contributed by atoms with Gasteiger partial charge in [0.25, 0.3) is 0 Å². The van der Waals surface area contributed by atoms with Crippen LogP contribution in [0, 0.1) is 5.82 Å². The molecule has 0 aliphatic carbocycles. The highest BCUT2D eigenvalue weighted by atomic mass is 19.1. The van der Waals surface area contributed by atoms with E-state index in [-0.39, 0.29) is 5.82 Å². The molecule has 1 aliphatic heterocycles. The molecule has 1 aliphatic rings. The summed E-state index contributed by atoms with van der Waals surface area (Å²) in [5, 5.41) is 3.36. The summed E-state index contributed by atoms with van der Waals surface area (Å²) in [6, 6.07) is 14.6. The van der Waals surface area contributed by atoms with Crippen LogP contribution in [0.25, 0.3) is 22.4 Å². The highest BCUT2D eigenvalue weighted by Gasteiger charge is 2.16. The minimum atomic E-state index is -0.236. The number of halogens is 1. The fraction of sp³-hybridized carbons (Fsp3) is 0.200. The molecule has 0 radical (unpaired) electrons. The van der Waals surface area contributed by atoms with Crippen molar-refractivity contribution < 1.29 is 4.39 Å². The number of benzene rings is 1. The molecule has 5 heteroatoms. The summed E-state index contributed by atoms with van der Waals surface area (Å²) in [5.74, 6) is 0.735. The Kier molecular flexibility index (Phi) is 4.39. The summed E-state index contributed by atoms with van der Waals surface area (Å²) in [5.41, 5.74) is 3.84. The molecule has 1 N–H and O–H groups in total. The van der Waals surface area contributed by atoms with Crippen molar-refractivity contribution in [2.24, 2.45) is 0 Å². The molecule has 0 atom stereocenters. The molecule has 0 spiro atoms. The lowest BCUT2D eigenvalue weighted by molar-refractivity contribution is 0.585. The van der Waals surface area contributed by atoms with Gasteiger partial charge in [-0.15, -0.1) is 0 Å². The van der Waals surface area contributed by atoms with Crippen molar-refractivity contribution in [2.45, 2.75) is 0 Å². The second-order valence-corrected chi connectivity index (χ2v) is 6.05. The normalized spacial score (nSPS) is 14.5. The zero-order chi connectivity index (χ0) is 17.1. The Morgan fingerprint density at radius 2 is 1.56 bits per heavy atom. The van der Waals surface area contributed by atoms with Crippen molar-refractivity contribution in [3.8, 4) is 22.4 Å². The lowest BCUT2D eigenvalue weighted by atomic mass is 10.00. The molecule has 0 amide bonds. The number of piperazine rings is 1. The topological polar surface area (TPSA) is 41.0 Å². The highest BCUT2D eigenvalue weighted by molar-refractivity contribution is 5.81. The first-order valence-electron chi connectivity index (χ1n) is 8.44. The van der Waals surface area contributed by atoms with E-state index in [2.05, 4.69) is 27.3 Å². The maximum Gasteiger partial charge on any atom is 0.129 e. The van der Waals surface area contributed by atoms with Gasteiger partial charge in [-0.1, -0.05) is 12.1 Å². The number of hydrogen-bond acceptors (Lipinski definition) is 4. The Morgan fingerprint density at radius 1 is 0.840 bits per heavy atom. The van der Waals surface area contributed by atoms with Gasteiger partial charge in [-0.3, -0.25) is 4.98 Å². The first-order chi connectivity index (χ1) is 12.3. The average molecular weight is 334 g/mol. The molecule has 126 valence electrons. The van der Waals surface area contributed by atoms with Crippen LogP contribution < -0.4 is 10.2 Å². The summed E-state index contributed by atoms with van der Waals surface area (Å²) < 4.78 is 13.3. The first-order valence-corrected chi connectivity index (χ1v) is 8.44. The van der Waals surface area contributed by atoms with Crippen LogP contribution in [0.1, 0.15) is 0 Å². The molecular weight excluding hydrogens is 315 g/mol. The summed E-state index contributed by atoms with van der Waals surface area (Å²) in [6.45, 7) is 3.81. The first kappa shape index (κ1) is 15.7. The second kappa shape index (κ2) is 6.99. The molecule has 2 aromatic heterocycles. The van der Waals surface area contributed by atoms with E-state index in [1.807, 2.05) is 12.1 Å². The van der Waals surface area contributed by atoms with Crippen LogP contribution in [0.3, 0.4) is 0 Å². The SMILES string of the molecule is Fc1ccc(-c2ccc(N3CCNCC3)nc2-c2ccncc2)cc1. The predicted octanol–water partition coefficient (Wildman–Crippen LogP) is 3.36. The van der Waals surface area contributed by atoms with E-state index in [9.17, 15) is 4.39 Å². The Balaban J connectivity index is 1.81. The fourth-order valence-corrected chi connectivity index (χ4v) is 3.11. The summed E-state index contributed by atoms with van der Waals surface area (Å²) in [4.78, 5) is 11.3. The van der Waals surface area contributed by atoms with Gasteiger partial charge in [0, 0.05) is 49.7 Å². The Labute approximate surface area is 146 Å². The van der Waals surface area contributed by atoms with Gasteiger partial charge in [0.1, 0.15) is 11.6 Å². The zero-order valence-electron chi connectivity index (χ0n) is 13.8. The third kappa shape index (κ3) is 3.37. The number of hydrogen-bond donors (Lipinski definition) is 1. The lowest BCUT2D eigenvalue weighted by Gasteiger charge is -2.29. The van der Waals surface area contributed by atoms with Gasteiger partial charge in [-0.2, -0.15) is 0 Å². The average Bonchev–Trinajstić information content (AvgIpc) is 2.70. The monoisotopic (exact) mass is 334 g/mol. The second-order valence-electron chi connectivity index (χ2n) is 6.05. The van der Waals surface area contributed by atoms with E-state index in [0.29, 0.717) is 0 Å². The fourth-order valence-electron chi connectivity index (χ4n) is 3.11. The molecule has 0 unspecified atom stereocenters. The van der Waals surface area contributed by atoms with Gasteiger partial charge in [-0.25, -0.2) is 9.37 Å². The number of aromatic nitrogens is 2. The lowest BCUT2D eigenvalue weighted by Crippen LogP contribution is -2.43. The van der Waals surface area contributed by atoms with Crippen LogP contribution in [-0.2, 0) is 0 Å². The molecule has 4 rings (SSSR count). The maximum absolute atomic E-state index is 13.3. The molecule has 0 bridgehead atoms. The summed E-state index contributed by atoms with van der Waals surface area (Å²) >= 11 is 0. The molecule has 0 saturated carbocycles. The van der Waals surface area contributed by atoms with E-state index in [4.69, 9.17) is 4.98 Å². The smallest absolute Gasteiger partial charge is 0.129 e. The highest BCUT2D eigenvalue weighted by Crippen LogP contribution is 2.32. The predicted molar refractivity (Wildman–Crippen MR) is 97.9 cm³/mol. The van der Waals surface area contributed by atoms with Crippen LogP contribution >= 0.6 is 0 Å². The number of nitrogens with zero attached hydrogens (tertiary/aromatic N) is 3. The van der Waals surface area contributed by atoms with Gasteiger partial charge in [0.05, 0.1) is 5.69 Å². The number of anilines is 1. The van der Waals surface area contributed by atoms with Crippen LogP contribution in [-0.4, -0.2) is 36.1 Å². The number of nitrogens with one attached hydrogen (secondary N) is 1. The van der Waals surface area contributed by atoms with Gasteiger partial charge in [-0.05, 0) is 42.0 Å². The van der Waals surface area contributed by atoms with Crippen molar-refractivity contribution >= 4 is 5.82 Å². The minimum absolute atomic E-state index is 0.236. The molecule has 1 saturated heterocycles. The summed E-state index contributed by atoms with van der Waals surface area (Å²) in [6.07, 6.45) is 3.53. The van der Waals surface area contributed by atoms with Crippen molar-refractivity contribution in [1.82, 2.24) is 15.3 Å². The molecule has 1 aromatic carbocycles. The number of rotatable bonds is 3. The van der Waals surface area contributed by atoms with Crippen LogP contribution in [0.15, 0.2) is 60.9 Å². The maximum atomic E-state index is 13.3. The van der Waals surface area contributed by atoms with Crippen molar-refractivity contribution in [2.75, 3.05) is 31.1 Å². The van der Waals surface area contributed by atoms with Crippen LogP contribution in [0.2, 0.25) is 0 Å². The molecule has 3 heterocycles. The van der Waals surface area contributed by atoms with Gasteiger partial charge >= 0.3 is 0 Å². The van der Waals surface area contributed by atoms with Crippen LogP contribution in [0.5, 0.6) is 0 Å². The van der Waals surface area contributed by atoms with Gasteiger partial charge in [0.15, 0.2) is 0 Å². The van der Waals surface area contributed by atoms with E-state index in [1.165, 1.54) is 12.1 Å². The summed E-state index contributed by atoms with van der Waals surface area (Å²) in [7, 11) is 0. The van der Waals surface area contributed by atoms with E-state index in [0.717, 1.165) is 54.4 Å². The van der Waals surface area contributed by atoms with E-state index >= 15 is 0 Å².